The molecule has 0 aliphatic rings. The number of hydrogen-bond acceptors (Lipinski definition) is 6. The lowest BCUT2D eigenvalue weighted by atomic mass is 10.0. The van der Waals surface area contributed by atoms with Crippen molar-refractivity contribution in [2.75, 3.05) is 13.2 Å². The Balaban J connectivity index is 4.16. The lowest BCUT2D eigenvalue weighted by molar-refractivity contribution is -0.167. The Morgan fingerprint density at radius 1 is 0.296 bits per heavy atom. The Bertz CT molecular complexity index is 1320. The van der Waals surface area contributed by atoms with Crippen molar-refractivity contribution >= 4 is 17.9 Å². The van der Waals surface area contributed by atoms with Gasteiger partial charge in [0.2, 0.25) is 0 Å². The van der Waals surface area contributed by atoms with Gasteiger partial charge in [-0.1, -0.05) is 286 Å². The van der Waals surface area contributed by atoms with Crippen LogP contribution in [0.4, 0.5) is 0 Å². The molecule has 0 N–H and O–H groups in total. The van der Waals surface area contributed by atoms with Crippen molar-refractivity contribution in [3.63, 3.8) is 0 Å². The minimum atomic E-state index is -0.774. The predicted octanol–water partition coefficient (Wildman–Crippen LogP) is 20.5. The second-order valence-electron chi connectivity index (χ2n) is 20.2. The summed E-state index contributed by atoms with van der Waals surface area (Å²) in [5, 5.41) is 0. The average molecular weight is 992 g/mol. The molecule has 0 rings (SSSR count). The van der Waals surface area contributed by atoms with Crippen LogP contribution in [0.2, 0.25) is 0 Å². The first-order chi connectivity index (χ1) is 35.0. The standard InChI is InChI=1S/C65H114O6/c1-4-7-10-13-16-18-20-22-24-26-28-29-30-31-32-33-34-35-37-38-40-42-44-46-49-52-55-58-64(67)70-61-62(60-69-63(66)57-54-51-48-15-12-9-6-3)71-65(68)59-56-53-50-47-45-43-41-39-36-27-25-23-21-19-17-14-11-8-5-2/h7,10,16,18,22,24,28-29,31-32,34-35,62H,4-6,8-9,11-15,17,19-21,23,25-27,30,33,36-61H2,1-3H3/b10-7-,18-16-,24-22-,29-28-,32-31-,35-34-. The van der Waals surface area contributed by atoms with E-state index < -0.39 is 6.10 Å². The minimum absolute atomic E-state index is 0.0745. The maximum Gasteiger partial charge on any atom is 0.306 e. The fraction of sp³-hybridized carbons (Fsp3) is 0.769. The molecule has 0 amide bonds. The van der Waals surface area contributed by atoms with Crippen LogP contribution < -0.4 is 0 Å². The summed E-state index contributed by atoms with van der Waals surface area (Å²) >= 11 is 0. The van der Waals surface area contributed by atoms with Crippen LogP contribution >= 0.6 is 0 Å². The summed E-state index contributed by atoms with van der Waals surface area (Å²) in [4.78, 5) is 38.0. The molecule has 0 spiro atoms. The summed E-state index contributed by atoms with van der Waals surface area (Å²) in [6.07, 6.45) is 76.4. The van der Waals surface area contributed by atoms with E-state index in [1.807, 2.05) is 0 Å². The molecule has 0 aromatic rings. The van der Waals surface area contributed by atoms with Gasteiger partial charge in [-0.2, -0.15) is 0 Å². The summed E-state index contributed by atoms with van der Waals surface area (Å²) in [7, 11) is 0. The molecule has 0 radical (unpaired) electrons. The first kappa shape index (κ1) is 67.8. The highest BCUT2D eigenvalue weighted by molar-refractivity contribution is 5.71. The van der Waals surface area contributed by atoms with Gasteiger partial charge in [0.15, 0.2) is 6.10 Å². The number of ether oxygens (including phenoxy) is 3. The van der Waals surface area contributed by atoms with Gasteiger partial charge in [0.25, 0.3) is 0 Å². The number of rotatable bonds is 55. The fourth-order valence-corrected chi connectivity index (χ4v) is 8.68. The van der Waals surface area contributed by atoms with E-state index in [9.17, 15) is 14.4 Å². The zero-order chi connectivity index (χ0) is 51.4. The maximum atomic E-state index is 12.8. The van der Waals surface area contributed by atoms with Crippen LogP contribution in [-0.4, -0.2) is 37.2 Å². The molecule has 410 valence electrons. The Morgan fingerprint density at radius 2 is 0.549 bits per heavy atom. The molecule has 0 bridgehead atoms. The Kier molecular flexibility index (Phi) is 56.8. The highest BCUT2D eigenvalue weighted by atomic mass is 16.6. The van der Waals surface area contributed by atoms with Crippen molar-refractivity contribution in [3.8, 4) is 0 Å². The van der Waals surface area contributed by atoms with Gasteiger partial charge in [-0.15, -0.1) is 0 Å². The topological polar surface area (TPSA) is 78.9 Å². The summed E-state index contributed by atoms with van der Waals surface area (Å²) in [5.41, 5.74) is 0. The first-order valence-corrected chi connectivity index (χ1v) is 30.4. The van der Waals surface area contributed by atoms with E-state index >= 15 is 0 Å². The molecule has 0 aliphatic carbocycles. The summed E-state index contributed by atoms with van der Waals surface area (Å²) in [6, 6.07) is 0. The highest BCUT2D eigenvalue weighted by Gasteiger charge is 2.19. The van der Waals surface area contributed by atoms with E-state index in [-0.39, 0.29) is 31.1 Å². The Morgan fingerprint density at radius 3 is 0.859 bits per heavy atom. The molecule has 0 fully saturated rings. The number of carbonyl (C=O) groups excluding carboxylic acids is 3. The predicted molar refractivity (Wildman–Crippen MR) is 307 cm³/mol. The molecular weight excluding hydrogens is 877 g/mol. The molecule has 71 heavy (non-hydrogen) atoms. The fourth-order valence-electron chi connectivity index (χ4n) is 8.68. The van der Waals surface area contributed by atoms with Gasteiger partial charge in [0.1, 0.15) is 13.2 Å². The summed E-state index contributed by atoms with van der Waals surface area (Å²) in [6.45, 7) is 6.51. The van der Waals surface area contributed by atoms with Crippen molar-refractivity contribution in [3.05, 3.63) is 72.9 Å². The molecular formula is C65H114O6. The zero-order valence-corrected chi connectivity index (χ0v) is 47.0. The number of allylic oxidation sites excluding steroid dienone is 12. The molecule has 6 heteroatoms. The molecule has 0 heterocycles. The third kappa shape index (κ3) is 57.6. The molecule has 0 aliphatic heterocycles. The van der Waals surface area contributed by atoms with Crippen LogP contribution in [0.3, 0.4) is 0 Å². The van der Waals surface area contributed by atoms with Crippen molar-refractivity contribution in [2.45, 2.75) is 309 Å². The van der Waals surface area contributed by atoms with Crippen LogP contribution in [0.15, 0.2) is 72.9 Å². The van der Waals surface area contributed by atoms with E-state index in [0.29, 0.717) is 19.3 Å². The third-order valence-corrected chi connectivity index (χ3v) is 13.2. The molecule has 1 atom stereocenters. The van der Waals surface area contributed by atoms with Crippen molar-refractivity contribution < 1.29 is 28.6 Å². The summed E-state index contributed by atoms with van der Waals surface area (Å²) in [5.74, 6) is -0.877. The second kappa shape index (κ2) is 59.4. The number of carbonyl (C=O) groups is 3. The zero-order valence-electron chi connectivity index (χ0n) is 47.0. The Labute approximate surface area is 440 Å². The normalized spacial score (nSPS) is 12.5. The van der Waals surface area contributed by atoms with Gasteiger partial charge in [0, 0.05) is 19.3 Å². The van der Waals surface area contributed by atoms with Crippen LogP contribution in [0.25, 0.3) is 0 Å². The van der Waals surface area contributed by atoms with E-state index in [1.54, 1.807) is 0 Å². The highest BCUT2D eigenvalue weighted by Crippen LogP contribution is 2.17. The molecule has 0 saturated heterocycles. The van der Waals surface area contributed by atoms with Crippen LogP contribution in [-0.2, 0) is 28.6 Å². The average Bonchev–Trinajstić information content (AvgIpc) is 3.37. The van der Waals surface area contributed by atoms with Crippen molar-refractivity contribution in [1.82, 2.24) is 0 Å². The van der Waals surface area contributed by atoms with Crippen molar-refractivity contribution in [1.29, 1.82) is 0 Å². The quantitative estimate of drug-likeness (QED) is 0.0261. The lowest BCUT2D eigenvalue weighted by Gasteiger charge is -2.18. The van der Waals surface area contributed by atoms with Gasteiger partial charge in [0.05, 0.1) is 0 Å². The minimum Gasteiger partial charge on any atom is -0.462 e. The van der Waals surface area contributed by atoms with Gasteiger partial charge in [-0.25, -0.2) is 0 Å². The number of unbranched alkanes of at least 4 members (excludes halogenated alkanes) is 32. The van der Waals surface area contributed by atoms with Gasteiger partial charge >= 0.3 is 17.9 Å². The van der Waals surface area contributed by atoms with E-state index in [2.05, 4.69) is 93.7 Å². The maximum absolute atomic E-state index is 12.8. The van der Waals surface area contributed by atoms with Gasteiger partial charge in [-0.3, -0.25) is 14.4 Å². The molecule has 1 unspecified atom stereocenters. The molecule has 0 aromatic heterocycles. The first-order valence-electron chi connectivity index (χ1n) is 30.4. The SMILES string of the molecule is CC/C=C\C/C=C\C/C=C\C/C=C\C/C=C\C/C=C\CCCCCCCCCCC(=O)OCC(COC(=O)CCCCCCCCC)OC(=O)CCCCCCCCCCCCCCCCCCCCC. The van der Waals surface area contributed by atoms with Crippen LogP contribution in [0.1, 0.15) is 303 Å². The molecule has 0 aromatic carbocycles. The van der Waals surface area contributed by atoms with Gasteiger partial charge in [-0.05, 0) is 70.6 Å². The van der Waals surface area contributed by atoms with E-state index in [1.165, 1.54) is 161 Å². The van der Waals surface area contributed by atoms with E-state index in [0.717, 1.165) is 103 Å². The van der Waals surface area contributed by atoms with Crippen LogP contribution in [0.5, 0.6) is 0 Å². The third-order valence-electron chi connectivity index (χ3n) is 13.2. The smallest absolute Gasteiger partial charge is 0.306 e. The van der Waals surface area contributed by atoms with Crippen molar-refractivity contribution in [2.24, 2.45) is 0 Å². The van der Waals surface area contributed by atoms with Gasteiger partial charge < -0.3 is 14.2 Å². The lowest BCUT2D eigenvalue weighted by Crippen LogP contribution is -2.30. The number of esters is 3. The number of hydrogen-bond donors (Lipinski definition) is 0. The second-order valence-corrected chi connectivity index (χ2v) is 20.2. The van der Waals surface area contributed by atoms with E-state index in [4.69, 9.17) is 14.2 Å². The largest absolute Gasteiger partial charge is 0.462 e. The monoisotopic (exact) mass is 991 g/mol. The Hall–Kier alpha value is -3.15. The molecule has 0 saturated carbocycles. The summed E-state index contributed by atoms with van der Waals surface area (Å²) < 4.78 is 16.8. The van der Waals surface area contributed by atoms with Crippen LogP contribution in [0, 0.1) is 0 Å². The molecule has 6 nitrogen and oxygen atoms in total.